The number of para-hydroxylation sites is 1. The second-order valence-electron chi connectivity index (χ2n) is 6.12. The number of aliphatic carboxylic acids is 1. The fourth-order valence-electron chi connectivity index (χ4n) is 3.98. The van der Waals surface area contributed by atoms with Gasteiger partial charge in [-0.3, -0.25) is 4.79 Å². The largest absolute Gasteiger partial charge is 0.480 e. The summed E-state index contributed by atoms with van der Waals surface area (Å²) in [5.74, 6) is -0.985. The first-order valence-corrected chi connectivity index (χ1v) is 7.17. The minimum absolute atomic E-state index is 0.0609. The summed E-state index contributed by atoms with van der Waals surface area (Å²) in [6, 6.07) is 7.16. The van der Waals surface area contributed by atoms with Gasteiger partial charge in [0.15, 0.2) is 0 Å². The first-order chi connectivity index (χ1) is 10.0. The standard InChI is InChI=1S/C16H16N2O3/c1-16-7-6-13(19)18(16)12(15(20)21)8-10-9-4-2-3-5-11(9)17-14(10)16/h2-5,12,17H,6-8H2,1H3,(H,20,21)/t12-,16+/m0/s1. The first-order valence-electron chi connectivity index (χ1n) is 7.17. The van der Waals surface area contributed by atoms with E-state index in [0.717, 1.165) is 22.2 Å². The molecule has 0 unspecified atom stereocenters. The lowest BCUT2D eigenvalue weighted by Gasteiger charge is -2.43. The predicted octanol–water partition coefficient (Wildman–Crippen LogP) is 2.01. The van der Waals surface area contributed by atoms with E-state index in [9.17, 15) is 14.7 Å². The Morgan fingerprint density at radius 1 is 1.43 bits per heavy atom. The molecule has 108 valence electrons. The quantitative estimate of drug-likeness (QED) is 0.841. The van der Waals surface area contributed by atoms with Gasteiger partial charge >= 0.3 is 5.97 Å². The van der Waals surface area contributed by atoms with E-state index in [1.54, 1.807) is 4.90 Å². The minimum Gasteiger partial charge on any atom is -0.480 e. The third-order valence-corrected chi connectivity index (χ3v) is 4.97. The SMILES string of the molecule is C[C@]12CCC(=O)N1[C@H](C(=O)O)Cc1c2[nH]c2ccccc12. The van der Waals surface area contributed by atoms with Crippen molar-refractivity contribution in [2.45, 2.75) is 37.8 Å². The second kappa shape index (κ2) is 3.87. The van der Waals surface area contributed by atoms with Crippen LogP contribution in [0, 0.1) is 0 Å². The van der Waals surface area contributed by atoms with E-state index in [1.807, 2.05) is 31.2 Å². The van der Waals surface area contributed by atoms with E-state index in [2.05, 4.69) is 4.98 Å². The van der Waals surface area contributed by atoms with Gasteiger partial charge in [0, 0.05) is 29.4 Å². The molecule has 2 aliphatic rings. The normalized spacial score (nSPS) is 27.8. The average Bonchev–Trinajstić information content (AvgIpc) is 2.98. The molecule has 0 bridgehead atoms. The summed E-state index contributed by atoms with van der Waals surface area (Å²) >= 11 is 0. The van der Waals surface area contributed by atoms with Crippen LogP contribution in [0.25, 0.3) is 10.9 Å². The molecular formula is C16H16N2O3. The highest BCUT2D eigenvalue weighted by Crippen LogP contribution is 2.47. The zero-order valence-electron chi connectivity index (χ0n) is 11.7. The lowest BCUT2D eigenvalue weighted by molar-refractivity contribution is -0.153. The maximum absolute atomic E-state index is 12.2. The van der Waals surface area contributed by atoms with Crippen LogP contribution < -0.4 is 0 Å². The maximum atomic E-state index is 12.2. The monoisotopic (exact) mass is 284 g/mol. The van der Waals surface area contributed by atoms with Crippen LogP contribution in [0.2, 0.25) is 0 Å². The van der Waals surface area contributed by atoms with Crippen molar-refractivity contribution >= 4 is 22.8 Å². The van der Waals surface area contributed by atoms with Crippen molar-refractivity contribution in [1.82, 2.24) is 9.88 Å². The van der Waals surface area contributed by atoms with Gasteiger partial charge in [-0.05, 0) is 25.0 Å². The lowest BCUT2D eigenvalue weighted by atomic mass is 9.83. The number of fused-ring (bicyclic) bond motifs is 5. The fraction of sp³-hybridized carbons (Fsp3) is 0.375. The smallest absolute Gasteiger partial charge is 0.326 e. The number of carboxylic acids is 1. The number of nitrogens with zero attached hydrogens (tertiary/aromatic N) is 1. The Balaban J connectivity index is 2.01. The van der Waals surface area contributed by atoms with Crippen LogP contribution in [0.3, 0.4) is 0 Å². The molecular weight excluding hydrogens is 268 g/mol. The molecule has 2 aromatic rings. The van der Waals surface area contributed by atoms with E-state index in [0.29, 0.717) is 19.3 Å². The van der Waals surface area contributed by atoms with E-state index >= 15 is 0 Å². The van der Waals surface area contributed by atoms with E-state index < -0.39 is 17.6 Å². The minimum atomic E-state index is -0.924. The number of carbonyl (C=O) groups excluding carboxylic acids is 1. The van der Waals surface area contributed by atoms with Crippen molar-refractivity contribution < 1.29 is 14.7 Å². The molecule has 5 nitrogen and oxygen atoms in total. The van der Waals surface area contributed by atoms with Crippen molar-refractivity contribution in [3.63, 3.8) is 0 Å². The molecule has 1 aromatic heterocycles. The van der Waals surface area contributed by atoms with E-state index in [1.165, 1.54) is 0 Å². The Labute approximate surface area is 121 Å². The van der Waals surface area contributed by atoms with Crippen molar-refractivity contribution in [3.05, 3.63) is 35.5 Å². The zero-order chi connectivity index (χ0) is 14.8. The van der Waals surface area contributed by atoms with Crippen molar-refractivity contribution in [2.75, 3.05) is 0 Å². The summed E-state index contributed by atoms with van der Waals surface area (Å²) < 4.78 is 0. The van der Waals surface area contributed by atoms with Gasteiger partial charge < -0.3 is 15.0 Å². The van der Waals surface area contributed by atoms with Gasteiger partial charge in [-0.25, -0.2) is 4.79 Å². The Kier molecular flexibility index (Phi) is 2.29. The number of hydrogen-bond donors (Lipinski definition) is 2. The predicted molar refractivity (Wildman–Crippen MR) is 76.9 cm³/mol. The molecule has 1 amide bonds. The van der Waals surface area contributed by atoms with Gasteiger partial charge in [-0.2, -0.15) is 0 Å². The van der Waals surface area contributed by atoms with Gasteiger partial charge in [0.2, 0.25) is 5.91 Å². The van der Waals surface area contributed by atoms with Crippen LogP contribution in [0.5, 0.6) is 0 Å². The molecule has 0 radical (unpaired) electrons. The molecule has 1 aromatic carbocycles. The Hall–Kier alpha value is -2.30. The van der Waals surface area contributed by atoms with Crippen LogP contribution in [0.1, 0.15) is 31.0 Å². The number of hydrogen-bond acceptors (Lipinski definition) is 2. The zero-order valence-corrected chi connectivity index (χ0v) is 11.7. The van der Waals surface area contributed by atoms with Crippen LogP contribution >= 0.6 is 0 Å². The van der Waals surface area contributed by atoms with Crippen LogP contribution in [-0.4, -0.2) is 32.9 Å². The van der Waals surface area contributed by atoms with Gasteiger partial charge in [-0.15, -0.1) is 0 Å². The van der Waals surface area contributed by atoms with Crippen LogP contribution in [0.15, 0.2) is 24.3 Å². The molecule has 3 heterocycles. The molecule has 2 atom stereocenters. The van der Waals surface area contributed by atoms with Gasteiger partial charge in [-0.1, -0.05) is 18.2 Å². The Morgan fingerprint density at radius 3 is 2.95 bits per heavy atom. The maximum Gasteiger partial charge on any atom is 0.326 e. The fourth-order valence-corrected chi connectivity index (χ4v) is 3.98. The first kappa shape index (κ1) is 12.4. The Bertz CT molecular complexity index is 779. The molecule has 21 heavy (non-hydrogen) atoms. The van der Waals surface area contributed by atoms with Gasteiger partial charge in [0.05, 0.1) is 5.54 Å². The highest BCUT2D eigenvalue weighted by atomic mass is 16.4. The third-order valence-electron chi connectivity index (χ3n) is 4.97. The highest BCUT2D eigenvalue weighted by Gasteiger charge is 2.53. The summed E-state index contributed by atoms with van der Waals surface area (Å²) in [4.78, 5) is 28.8. The molecule has 1 saturated heterocycles. The Morgan fingerprint density at radius 2 is 2.19 bits per heavy atom. The second-order valence-corrected chi connectivity index (χ2v) is 6.12. The number of benzene rings is 1. The molecule has 4 rings (SSSR count). The third kappa shape index (κ3) is 1.46. The molecule has 2 aliphatic heterocycles. The number of H-pyrrole nitrogens is 1. The molecule has 2 N–H and O–H groups in total. The number of rotatable bonds is 1. The lowest BCUT2D eigenvalue weighted by Crippen LogP contribution is -2.55. The van der Waals surface area contributed by atoms with E-state index in [-0.39, 0.29) is 5.91 Å². The number of carboxylic acid groups (broad SMARTS) is 1. The molecule has 0 spiro atoms. The summed E-state index contributed by atoms with van der Waals surface area (Å²) in [6.45, 7) is 1.97. The number of amides is 1. The van der Waals surface area contributed by atoms with Gasteiger partial charge in [0.1, 0.15) is 6.04 Å². The van der Waals surface area contributed by atoms with Crippen LogP contribution in [-0.2, 0) is 21.5 Å². The summed E-state index contributed by atoms with van der Waals surface area (Å²) in [6.07, 6.45) is 1.44. The summed E-state index contributed by atoms with van der Waals surface area (Å²) in [7, 11) is 0. The molecule has 0 saturated carbocycles. The van der Waals surface area contributed by atoms with Gasteiger partial charge in [0.25, 0.3) is 0 Å². The van der Waals surface area contributed by atoms with E-state index in [4.69, 9.17) is 0 Å². The number of aromatic nitrogens is 1. The molecule has 0 aliphatic carbocycles. The summed E-state index contributed by atoms with van der Waals surface area (Å²) in [5.41, 5.74) is 2.53. The number of nitrogens with one attached hydrogen (secondary N) is 1. The number of aromatic amines is 1. The van der Waals surface area contributed by atoms with Crippen molar-refractivity contribution in [3.8, 4) is 0 Å². The summed E-state index contributed by atoms with van der Waals surface area (Å²) in [5, 5.41) is 10.6. The van der Waals surface area contributed by atoms with Crippen LogP contribution in [0.4, 0.5) is 0 Å². The van der Waals surface area contributed by atoms with Crippen molar-refractivity contribution in [2.24, 2.45) is 0 Å². The average molecular weight is 284 g/mol. The molecule has 5 heteroatoms. The van der Waals surface area contributed by atoms with Crippen molar-refractivity contribution in [1.29, 1.82) is 0 Å². The highest BCUT2D eigenvalue weighted by molar-refractivity contribution is 5.91. The topological polar surface area (TPSA) is 73.4 Å². The number of carbonyl (C=O) groups is 2. The molecule has 1 fully saturated rings.